The molecule has 0 radical (unpaired) electrons. The number of carbonyl (C=O) groups is 2. The molecule has 0 fully saturated rings. The lowest BCUT2D eigenvalue weighted by atomic mass is 10.2. The number of carbonyl (C=O) groups excluding carboxylic acids is 2. The van der Waals surface area contributed by atoms with E-state index in [0.29, 0.717) is 11.2 Å². The van der Waals surface area contributed by atoms with E-state index in [1.807, 2.05) is 12.1 Å². The van der Waals surface area contributed by atoms with Gasteiger partial charge in [-0.25, -0.2) is 0 Å². The lowest BCUT2D eigenvalue weighted by Gasteiger charge is -1.94. The van der Waals surface area contributed by atoms with Crippen LogP contribution in [0.3, 0.4) is 0 Å². The van der Waals surface area contributed by atoms with Crippen molar-refractivity contribution in [3.8, 4) is 0 Å². The number of hydrogen-bond donors (Lipinski definition) is 0. The third-order valence-corrected chi connectivity index (χ3v) is 2.22. The van der Waals surface area contributed by atoms with Gasteiger partial charge in [0.1, 0.15) is 5.69 Å². The SMILES string of the molecule is CC(=O)c1nn(C(C)=O)c2ccccc12. The van der Waals surface area contributed by atoms with Crippen LogP contribution >= 0.6 is 0 Å². The zero-order valence-electron chi connectivity index (χ0n) is 8.52. The van der Waals surface area contributed by atoms with Crippen molar-refractivity contribution in [2.24, 2.45) is 0 Å². The first-order valence-electron chi connectivity index (χ1n) is 4.61. The van der Waals surface area contributed by atoms with Crippen LogP contribution in [0, 0.1) is 0 Å². The van der Waals surface area contributed by atoms with Crippen LogP contribution in [0.15, 0.2) is 24.3 Å². The molecule has 0 aliphatic heterocycles. The summed E-state index contributed by atoms with van der Waals surface area (Å²) in [5.41, 5.74) is 1.02. The summed E-state index contributed by atoms with van der Waals surface area (Å²) in [5, 5.41) is 4.73. The summed E-state index contributed by atoms with van der Waals surface area (Å²) in [6.45, 7) is 2.86. The molecule has 2 aromatic rings. The average molecular weight is 202 g/mol. The maximum atomic E-state index is 11.3. The Hall–Kier alpha value is -1.97. The van der Waals surface area contributed by atoms with Crippen molar-refractivity contribution in [2.75, 3.05) is 0 Å². The molecular formula is C11H10N2O2. The number of rotatable bonds is 1. The van der Waals surface area contributed by atoms with Gasteiger partial charge in [-0.05, 0) is 6.07 Å². The largest absolute Gasteiger partial charge is 0.293 e. The van der Waals surface area contributed by atoms with E-state index >= 15 is 0 Å². The molecule has 15 heavy (non-hydrogen) atoms. The number of Topliss-reactive ketones (excluding diaryl/α,β-unsaturated/α-hetero) is 1. The Morgan fingerprint density at radius 2 is 1.87 bits per heavy atom. The molecule has 0 unspecified atom stereocenters. The minimum Gasteiger partial charge on any atom is -0.293 e. The third-order valence-electron chi connectivity index (χ3n) is 2.22. The highest BCUT2D eigenvalue weighted by Gasteiger charge is 2.14. The molecule has 0 atom stereocenters. The molecule has 4 nitrogen and oxygen atoms in total. The molecule has 0 amide bonds. The molecule has 0 saturated carbocycles. The number of fused-ring (bicyclic) bond motifs is 1. The number of hydrogen-bond acceptors (Lipinski definition) is 3. The van der Waals surface area contributed by atoms with Gasteiger partial charge in [-0.1, -0.05) is 18.2 Å². The van der Waals surface area contributed by atoms with Crippen molar-refractivity contribution in [3.05, 3.63) is 30.0 Å². The van der Waals surface area contributed by atoms with Gasteiger partial charge >= 0.3 is 0 Å². The lowest BCUT2D eigenvalue weighted by Crippen LogP contribution is -2.08. The molecule has 76 valence electrons. The van der Waals surface area contributed by atoms with Crippen LogP contribution in [0.5, 0.6) is 0 Å². The summed E-state index contributed by atoms with van der Waals surface area (Å²) in [4.78, 5) is 22.6. The Morgan fingerprint density at radius 3 is 2.47 bits per heavy atom. The van der Waals surface area contributed by atoms with Gasteiger partial charge in [0.05, 0.1) is 5.52 Å². The van der Waals surface area contributed by atoms with Crippen molar-refractivity contribution >= 4 is 22.6 Å². The average Bonchev–Trinajstić information content (AvgIpc) is 2.56. The highest BCUT2D eigenvalue weighted by Crippen LogP contribution is 2.18. The zero-order chi connectivity index (χ0) is 11.0. The second-order valence-corrected chi connectivity index (χ2v) is 3.35. The van der Waals surface area contributed by atoms with E-state index in [1.165, 1.54) is 18.5 Å². The smallest absolute Gasteiger partial charge is 0.244 e. The molecule has 0 N–H and O–H groups in total. The Balaban J connectivity index is 2.85. The first-order chi connectivity index (χ1) is 7.11. The maximum absolute atomic E-state index is 11.3. The molecular weight excluding hydrogens is 192 g/mol. The van der Waals surface area contributed by atoms with E-state index in [9.17, 15) is 9.59 Å². The van der Waals surface area contributed by atoms with Crippen molar-refractivity contribution < 1.29 is 9.59 Å². The normalized spacial score (nSPS) is 10.5. The van der Waals surface area contributed by atoms with E-state index in [0.717, 1.165) is 5.39 Å². The van der Waals surface area contributed by atoms with Crippen molar-refractivity contribution in [3.63, 3.8) is 0 Å². The quantitative estimate of drug-likeness (QED) is 0.663. The lowest BCUT2D eigenvalue weighted by molar-refractivity contribution is 0.0925. The Kier molecular flexibility index (Phi) is 2.11. The van der Waals surface area contributed by atoms with Gasteiger partial charge in [-0.15, -0.1) is 0 Å². The minimum absolute atomic E-state index is 0.133. The van der Waals surface area contributed by atoms with Gasteiger partial charge in [0, 0.05) is 19.2 Å². The molecule has 1 aromatic heterocycles. The number of ketones is 1. The van der Waals surface area contributed by atoms with Crippen molar-refractivity contribution in [1.29, 1.82) is 0 Å². The highest BCUT2D eigenvalue weighted by atomic mass is 16.2. The van der Waals surface area contributed by atoms with Crippen LogP contribution in [0.1, 0.15) is 29.1 Å². The van der Waals surface area contributed by atoms with Crippen LogP contribution in [-0.4, -0.2) is 21.5 Å². The van der Waals surface area contributed by atoms with E-state index in [1.54, 1.807) is 12.1 Å². The summed E-state index contributed by atoms with van der Waals surface area (Å²) < 4.78 is 1.26. The molecule has 0 aliphatic carbocycles. The molecule has 0 aliphatic rings. The second-order valence-electron chi connectivity index (χ2n) is 3.35. The predicted molar refractivity (Wildman–Crippen MR) is 56.0 cm³/mol. The van der Waals surface area contributed by atoms with Crippen molar-refractivity contribution in [1.82, 2.24) is 9.78 Å². The van der Waals surface area contributed by atoms with Gasteiger partial charge in [-0.2, -0.15) is 9.78 Å². The van der Waals surface area contributed by atoms with Crippen LogP contribution in [0.25, 0.3) is 10.9 Å². The fourth-order valence-electron chi connectivity index (χ4n) is 1.57. The molecule has 1 aromatic carbocycles. The first-order valence-corrected chi connectivity index (χ1v) is 4.61. The van der Waals surface area contributed by atoms with Gasteiger partial charge in [0.15, 0.2) is 5.78 Å². The molecule has 0 saturated heterocycles. The van der Waals surface area contributed by atoms with Crippen LogP contribution in [0.2, 0.25) is 0 Å². The van der Waals surface area contributed by atoms with E-state index < -0.39 is 0 Å². The Bertz CT molecular complexity index is 507. The van der Waals surface area contributed by atoms with E-state index in [-0.39, 0.29) is 11.7 Å². The minimum atomic E-state index is -0.196. The van der Waals surface area contributed by atoms with Gasteiger partial charge in [0.2, 0.25) is 5.91 Å². The standard InChI is InChI=1S/C11H10N2O2/c1-7(14)11-9-5-3-4-6-10(9)13(12-11)8(2)15/h3-6H,1-2H3. The van der Waals surface area contributed by atoms with Crippen LogP contribution in [0.4, 0.5) is 0 Å². The maximum Gasteiger partial charge on any atom is 0.244 e. The fourth-order valence-corrected chi connectivity index (χ4v) is 1.57. The Morgan fingerprint density at radius 1 is 1.20 bits per heavy atom. The topological polar surface area (TPSA) is 52.0 Å². The van der Waals surface area contributed by atoms with E-state index in [2.05, 4.69) is 5.10 Å². The third kappa shape index (κ3) is 1.44. The van der Waals surface area contributed by atoms with Crippen molar-refractivity contribution in [2.45, 2.75) is 13.8 Å². The van der Waals surface area contributed by atoms with Crippen LogP contribution < -0.4 is 0 Å². The summed E-state index contributed by atoms with van der Waals surface area (Å²) in [6.07, 6.45) is 0. The summed E-state index contributed by atoms with van der Waals surface area (Å²) in [5.74, 6) is -0.329. The second kappa shape index (κ2) is 3.31. The molecule has 1 heterocycles. The molecule has 0 spiro atoms. The Labute approximate surface area is 86.5 Å². The molecule has 2 rings (SSSR count). The summed E-state index contributed by atoms with van der Waals surface area (Å²) >= 11 is 0. The number of aromatic nitrogens is 2. The molecule has 0 bridgehead atoms. The molecule has 4 heteroatoms. The van der Waals surface area contributed by atoms with E-state index in [4.69, 9.17) is 0 Å². The predicted octanol–water partition coefficient (Wildman–Crippen LogP) is 1.90. The summed E-state index contributed by atoms with van der Waals surface area (Å²) in [6, 6.07) is 7.20. The number of para-hydroxylation sites is 1. The van der Waals surface area contributed by atoms with Gasteiger partial charge in [0.25, 0.3) is 0 Å². The number of nitrogens with zero attached hydrogens (tertiary/aromatic N) is 2. The highest BCUT2D eigenvalue weighted by molar-refractivity contribution is 6.06. The zero-order valence-corrected chi connectivity index (χ0v) is 8.52. The monoisotopic (exact) mass is 202 g/mol. The summed E-state index contributed by atoms with van der Waals surface area (Å²) in [7, 11) is 0. The van der Waals surface area contributed by atoms with Gasteiger partial charge < -0.3 is 0 Å². The number of benzene rings is 1. The van der Waals surface area contributed by atoms with Gasteiger partial charge in [-0.3, -0.25) is 9.59 Å². The fraction of sp³-hybridized carbons (Fsp3) is 0.182. The first kappa shape index (κ1) is 9.58. The van der Waals surface area contributed by atoms with Crippen LogP contribution in [-0.2, 0) is 0 Å².